The van der Waals surface area contributed by atoms with E-state index in [9.17, 15) is 4.79 Å². The average Bonchev–Trinajstić information content (AvgIpc) is 2.50. The van der Waals surface area contributed by atoms with Crippen LogP contribution in [0.1, 0.15) is 24.2 Å². The predicted octanol–water partition coefficient (Wildman–Crippen LogP) is 2.01. The number of hydrogen-bond acceptors (Lipinski definition) is 6. The molecule has 1 aromatic rings. The molecule has 1 saturated heterocycles. The van der Waals surface area contributed by atoms with Crippen molar-refractivity contribution in [1.29, 1.82) is 0 Å². The number of carbonyl (C=O) groups excluding carboxylic acids is 1. The zero-order chi connectivity index (χ0) is 15.1. The first-order valence-corrected chi connectivity index (χ1v) is 7.04. The Labute approximate surface area is 123 Å². The van der Waals surface area contributed by atoms with Gasteiger partial charge >= 0.3 is 5.97 Å². The van der Waals surface area contributed by atoms with E-state index in [1.807, 2.05) is 13.8 Å². The zero-order valence-corrected chi connectivity index (χ0v) is 12.3. The smallest absolute Gasteiger partial charge is 0.340 e. The topological polar surface area (TPSA) is 63.2 Å². The van der Waals surface area contributed by atoms with Crippen LogP contribution in [0.15, 0.2) is 18.2 Å². The lowest BCUT2D eigenvalue weighted by atomic mass is 10.2. The Hall–Kier alpha value is -1.79. The Morgan fingerprint density at radius 1 is 1.19 bits per heavy atom. The number of carbonyl (C=O) groups is 1. The average molecular weight is 296 g/mol. The van der Waals surface area contributed by atoms with Gasteiger partial charge in [-0.25, -0.2) is 4.79 Å². The van der Waals surface area contributed by atoms with Crippen LogP contribution >= 0.6 is 0 Å². The second-order valence-electron chi connectivity index (χ2n) is 4.31. The highest BCUT2D eigenvalue weighted by atomic mass is 16.7. The van der Waals surface area contributed by atoms with Gasteiger partial charge in [0.1, 0.15) is 6.61 Å². The summed E-state index contributed by atoms with van der Waals surface area (Å²) in [5.74, 6) is 0.650. The van der Waals surface area contributed by atoms with Crippen molar-refractivity contribution in [3.05, 3.63) is 23.8 Å². The zero-order valence-electron chi connectivity index (χ0n) is 12.3. The highest BCUT2D eigenvalue weighted by Gasteiger charge is 2.21. The fourth-order valence-corrected chi connectivity index (χ4v) is 1.90. The standard InChI is InChI=1S/C15H20O6/c1-3-18-12-6-5-11(9-13(12)19-4-2)15(16)21-14-10-17-7-8-20-14/h5-6,9,14H,3-4,7-8,10H2,1-2H3. The summed E-state index contributed by atoms with van der Waals surface area (Å²) in [6, 6.07) is 4.95. The predicted molar refractivity (Wildman–Crippen MR) is 74.8 cm³/mol. The maximum atomic E-state index is 12.1. The minimum atomic E-state index is -0.659. The molecule has 0 radical (unpaired) electrons. The monoisotopic (exact) mass is 296 g/mol. The van der Waals surface area contributed by atoms with E-state index in [1.165, 1.54) is 0 Å². The second-order valence-corrected chi connectivity index (χ2v) is 4.31. The van der Waals surface area contributed by atoms with Gasteiger partial charge in [0, 0.05) is 0 Å². The summed E-state index contributed by atoms with van der Waals surface area (Å²) in [6.07, 6.45) is -0.659. The number of esters is 1. The summed E-state index contributed by atoms with van der Waals surface area (Å²) >= 11 is 0. The summed E-state index contributed by atoms with van der Waals surface area (Å²) in [4.78, 5) is 12.1. The van der Waals surface area contributed by atoms with Gasteiger partial charge in [0.05, 0.1) is 32.0 Å². The fourth-order valence-electron chi connectivity index (χ4n) is 1.90. The molecule has 0 bridgehead atoms. The molecule has 6 nitrogen and oxygen atoms in total. The van der Waals surface area contributed by atoms with Crippen molar-refractivity contribution in [2.75, 3.05) is 33.0 Å². The van der Waals surface area contributed by atoms with Crippen molar-refractivity contribution in [2.45, 2.75) is 20.1 Å². The number of benzene rings is 1. The third-order valence-electron chi connectivity index (χ3n) is 2.80. The van der Waals surface area contributed by atoms with Gasteiger partial charge < -0.3 is 23.7 Å². The summed E-state index contributed by atoms with van der Waals surface area (Å²) in [5.41, 5.74) is 0.385. The van der Waals surface area contributed by atoms with Crippen LogP contribution in [0.2, 0.25) is 0 Å². The number of hydrogen-bond donors (Lipinski definition) is 0. The van der Waals surface area contributed by atoms with Gasteiger partial charge in [-0.2, -0.15) is 0 Å². The lowest BCUT2D eigenvalue weighted by molar-refractivity contribution is -0.186. The minimum Gasteiger partial charge on any atom is -0.490 e. The van der Waals surface area contributed by atoms with Crippen LogP contribution in [-0.4, -0.2) is 45.3 Å². The summed E-state index contributed by atoms with van der Waals surface area (Å²) in [5, 5.41) is 0. The van der Waals surface area contributed by atoms with Crippen LogP contribution in [0.25, 0.3) is 0 Å². The molecule has 1 heterocycles. The summed E-state index contributed by atoms with van der Waals surface area (Å²) < 4.78 is 26.6. The van der Waals surface area contributed by atoms with E-state index in [-0.39, 0.29) is 6.61 Å². The number of rotatable bonds is 6. The molecule has 0 amide bonds. The first-order chi connectivity index (χ1) is 10.2. The molecule has 1 aliphatic rings. The van der Waals surface area contributed by atoms with Crippen LogP contribution in [0.5, 0.6) is 11.5 Å². The molecule has 116 valence electrons. The highest BCUT2D eigenvalue weighted by molar-refractivity contribution is 5.90. The molecule has 1 aliphatic heterocycles. The van der Waals surface area contributed by atoms with Gasteiger partial charge in [-0.05, 0) is 32.0 Å². The Bertz CT molecular complexity index is 467. The Balaban J connectivity index is 2.07. The summed E-state index contributed by atoms with van der Waals surface area (Å²) in [6.45, 7) is 5.96. The molecule has 0 saturated carbocycles. The van der Waals surface area contributed by atoms with Gasteiger partial charge in [0.2, 0.25) is 6.29 Å². The molecular weight excluding hydrogens is 276 g/mol. The van der Waals surface area contributed by atoms with Crippen molar-refractivity contribution in [1.82, 2.24) is 0 Å². The van der Waals surface area contributed by atoms with Gasteiger partial charge in [-0.3, -0.25) is 0 Å². The third-order valence-corrected chi connectivity index (χ3v) is 2.80. The fraction of sp³-hybridized carbons (Fsp3) is 0.533. The van der Waals surface area contributed by atoms with Crippen molar-refractivity contribution in [3.8, 4) is 11.5 Å². The van der Waals surface area contributed by atoms with Crippen LogP contribution < -0.4 is 9.47 Å². The molecule has 0 aromatic heterocycles. The molecule has 0 spiro atoms. The first kappa shape index (κ1) is 15.6. The SMILES string of the molecule is CCOc1ccc(C(=O)OC2COCCO2)cc1OCC. The van der Waals surface area contributed by atoms with E-state index in [0.29, 0.717) is 43.5 Å². The van der Waals surface area contributed by atoms with E-state index in [0.717, 1.165) is 0 Å². The van der Waals surface area contributed by atoms with Crippen molar-refractivity contribution >= 4 is 5.97 Å². The molecule has 1 aromatic carbocycles. The van der Waals surface area contributed by atoms with E-state index >= 15 is 0 Å². The lowest BCUT2D eigenvalue weighted by Gasteiger charge is -2.22. The molecule has 6 heteroatoms. The van der Waals surface area contributed by atoms with Gasteiger partial charge in [-0.15, -0.1) is 0 Å². The molecule has 2 rings (SSSR count). The van der Waals surface area contributed by atoms with Gasteiger partial charge in [0.15, 0.2) is 11.5 Å². The Morgan fingerprint density at radius 3 is 2.62 bits per heavy atom. The molecule has 0 N–H and O–H groups in total. The van der Waals surface area contributed by atoms with E-state index in [1.54, 1.807) is 18.2 Å². The van der Waals surface area contributed by atoms with Gasteiger partial charge in [0.25, 0.3) is 0 Å². The first-order valence-electron chi connectivity index (χ1n) is 7.04. The molecule has 1 fully saturated rings. The van der Waals surface area contributed by atoms with Crippen molar-refractivity contribution < 1.29 is 28.5 Å². The third kappa shape index (κ3) is 4.34. The van der Waals surface area contributed by atoms with Crippen LogP contribution in [0.3, 0.4) is 0 Å². The second kappa shape index (κ2) is 7.85. The van der Waals surface area contributed by atoms with Crippen molar-refractivity contribution in [3.63, 3.8) is 0 Å². The lowest BCUT2D eigenvalue weighted by Crippen LogP contribution is -2.32. The molecular formula is C15H20O6. The molecule has 0 aliphatic carbocycles. The highest BCUT2D eigenvalue weighted by Crippen LogP contribution is 2.29. The Kier molecular flexibility index (Phi) is 5.83. The molecule has 21 heavy (non-hydrogen) atoms. The Morgan fingerprint density at radius 2 is 1.95 bits per heavy atom. The molecule has 1 atom stereocenters. The van der Waals surface area contributed by atoms with E-state index in [4.69, 9.17) is 23.7 Å². The van der Waals surface area contributed by atoms with Crippen LogP contribution in [-0.2, 0) is 14.2 Å². The van der Waals surface area contributed by atoms with Crippen LogP contribution in [0.4, 0.5) is 0 Å². The van der Waals surface area contributed by atoms with E-state index < -0.39 is 12.3 Å². The maximum absolute atomic E-state index is 12.1. The van der Waals surface area contributed by atoms with Crippen molar-refractivity contribution in [2.24, 2.45) is 0 Å². The number of ether oxygens (including phenoxy) is 5. The largest absolute Gasteiger partial charge is 0.490 e. The minimum absolute atomic E-state index is 0.251. The van der Waals surface area contributed by atoms with Gasteiger partial charge in [-0.1, -0.05) is 0 Å². The molecule has 1 unspecified atom stereocenters. The summed E-state index contributed by atoms with van der Waals surface area (Å²) in [7, 11) is 0. The maximum Gasteiger partial charge on any atom is 0.340 e. The quantitative estimate of drug-likeness (QED) is 0.748. The van der Waals surface area contributed by atoms with E-state index in [2.05, 4.69) is 0 Å². The van der Waals surface area contributed by atoms with Crippen LogP contribution in [0, 0.1) is 0 Å². The normalized spacial score (nSPS) is 18.1.